The van der Waals surface area contributed by atoms with Crippen LogP contribution in [-0.2, 0) is 6.18 Å². The highest BCUT2D eigenvalue weighted by Crippen LogP contribution is 2.30. The Morgan fingerprint density at radius 1 is 1.08 bits per heavy atom. The van der Waals surface area contributed by atoms with Crippen LogP contribution in [-0.4, -0.2) is 18.0 Å². The number of aromatic nitrogens is 1. The van der Waals surface area contributed by atoms with Crippen LogP contribution in [0.4, 0.5) is 23.2 Å². The van der Waals surface area contributed by atoms with E-state index >= 15 is 0 Å². The summed E-state index contributed by atoms with van der Waals surface area (Å²) in [5, 5.41) is 2.35. The van der Waals surface area contributed by atoms with Crippen molar-refractivity contribution < 1.29 is 27.1 Å². The summed E-state index contributed by atoms with van der Waals surface area (Å²) in [6.07, 6.45) is -3.31. The molecule has 0 bridgehead atoms. The number of nitrogens with one attached hydrogen (secondary N) is 1. The third-order valence-corrected chi connectivity index (χ3v) is 2.74. The van der Waals surface area contributed by atoms with Crippen molar-refractivity contribution in [2.45, 2.75) is 33.9 Å². The molecule has 26 heavy (non-hydrogen) atoms. The lowest BCUT2D eigenvalue weighted by atomic mass is 10.1. The molecule has 1 amide bonds. The average molecular weight is 374 g/mol. The normalized spacial score (nSPS) is 9.88. The number of benzene rings is 1. The fourth-order valence-electron chi connectivity index (χ4n) is 1.67. The summed E-state index contributed by atoms with van der Waals surface area (Å²) in [5.74, 6) is -1.90. The Labute approximate surface area is 150 Å². The molecule has 0 aliphatic carbocycles. The molecular weight excluding hydrogens is 352 g/mol. The Bertz CT molecular complexity index is 704. The first kappa shape index (κ1) is 23.4. The maximum atomic E-state index is 13.7. The van der Waals surface area contributed by atoms with Gasteiger partial charge in [-0.25, -0.2) is 9.37 Å². The highest BCUT2D eigenvalue weighted by molar-refractivity contribution is 6.04. The second kappa shape index (κ2) is 11.1. The molecule has 2 aromatic rings. The molecule has 0 spiro atoms. The Balaban J connectivity index is 0.00000146. The lowest BCUT2D eigenvalue weighted by Gasteiger charge is -2.10. The van der Waals surface area contributed by atoms with Gasteiger partial charge < -0.3 is 10.1 Å². The monoisotopic (exact) mass is 374 g/mol. The third kappa shape index (κ3) is 6.70. The minimum atomic E-state index is -4.67. The molecule has 144 valence electrons. The Morgan fingerprint density at radius 2 is 1.69 bits per heavy atom. The Hall–Kier alpha value is -2.64. The predicted octanol–water partition coefficient (Wildman–Crippen LogP) is 5.55. The van der Waals surface area contributed by atoms with E-state index in [4.69, 9.17) is 4.74 Å². The van der Waals surface area contributed by atoms with Gasteiger partial charge in [-0.05, 0) is 24.3 Å². The fraction of sp³-hybridized carbons (Fsp3) is 0.333. The second-order valence-electron chi connectivity index (χ2n) is 4.23. The SMILES string of the molecule is CC.CC.COc1cc(NC(=O)c2ccc(C(F)(F)F)cc2F)ccn1. The van der Waals surface area contributed by atoms with Crippen molar-refractivity contribution in [3.05, 3.63) is 53.5 Å². The van der Waals surface area contributed by atoms with Crippen LogP contribution in [0.25, 0.3) is 0 Å². The quantitative estimate of drug-likeness (QED) is 0.717. The fourth-order valence-corrected chi connectivity index (χ4v) is 1.67. The van der Waals surface area contributed by atoms with Crippen LogP contribution in [0.5, 0.6) is 5.88 Å². The minimum absolute atomic E-state index is 0.227. The van der Waals surface area contributed by atoms with Gasteiger partial charge in [0.15, 0.2) is 0 Å². The molecule has 8 heteroatoms. The van der Waals surface area contributed by atoms with Gasteiger partial charge in [-0.1, -0.05) is 27.7 Å². The Kier molecular flexibility index (Phi) is 9.94. The van der Waals surface area contributed by atoms with Gasteiger partial charge in [-0.2, -0.15) is 13.2 Å². The number of halogens is 4. The first-order chi connectivity index (χ1) is 12.3. The number of pyridine rings is 1. The summed E-state index contributed by atoms with van der Waals surface area (Å²) in [4.78, 5) is 15.7. The van der Waals surface area contributed by atoms with Gasteiger partial charge in [0.25, 0.3) is 5.91 Å². The van der Waals surface area contributed by atoms with Crippen molar-refractivity contribution in [1.29, 1.82) is 0 Å². The number of amides is 1. The van der Waals surface area contributed by atoms with Crippen molar-refractivity contribution in [2.75, 3.05) is 12.4 Å². The van der Waals surface area contributed by atoms with Gasteiger partial charge in [0.1, 0.15) is 5.82 Å². The summed E-state index contributed by atoms with van der Waals surface area (Å²) in [6, 6.07) is 4.53. The zero-order valence-corrected chi connectivity index (χ0v) is 15.2. The summed E-state index contributed by atoms with van der Waals surface area (Å²) < 4.78 is 55.9. The van der Waals surface area contributed by atoms with Crippen LogP contribution >= 0.6 is 0 Å². The van der Waals surface area contributed by atoms with Crippen LogP contribution in [0, 0.1) is 5.82 Å². The van der Waals surface area contributed by atoms with E-state index in [0.717, 1.165) is 6.07 Å². The Morgan fingerprint density at radius 3 is 2.19 bits per heavy atom. The number of rotatable bonds is 3. The number of alkyl halides is 3. The van der Waals surface area contributed by atoms with Gasteiger partial charge >= 0.3 is 6.18 Å². The number of methoxy groups -OCH3 is 1. The smallest absolute Gasteiger partial charge is 0.416 e. The van der Waals surface area contributed by atoms with E-state index in [1.807, 2.05) is 27.7 Å². The topological polar surface area (TPSA) is 51.2 Å². The van der Waals surface area contributed by atoms with Crippen molar-refractivity contribution in [2.24, 2.45) is 0 Å². The van der Waals surface area contributed by atoms with Crippen LogP contribution in [0.3, 0.4) is 0 Å². The molecule has 0 radical (unpaired) electrons. The first-order valence-electron chi connectivity index (χ1n) is 7.99. The number of ether oxygens (including phenoxy) is 1. The standard InChI is InChI=1S/C14H10F4N2O2.2C2H6/c1-22-12-7-9(4-5-19-12)20-13(21)10-3-2-8(6-11(10)15)14(16,17)18;2*1-2/h2-7H,1H3,(H,19,20,21);2*1-2H3. The third-order valence-electron chi connectivity index (χ3n) is 2.74. The van der Waals surface area contributed by atoms with Crippen LogP contribution in [0.15, 0.2) is 36.5 Å². The molecule has 0 saturated heterocycles. The summed E-state index contributed by atoms with van der Waals surface area (Å²) in [5.41, 5.74) is -1.38. The first-order valence-corrected chi connectivity index (χ1v) is 7.99. The second-order valence-corrected chi connectivity index (χ2v) is 4.23. The molecule has 0 aliphatic heterocycles. The molecule has 2 rings (SSSR count). The van der Waals surface area contributed by atoms with E-state index < -0.39 is 29.0 Å². The summed E-state index contributed by atoms with van der Waals surface area (Å²) in [7, 11) is 1.38. The van der Waals surface area contributed by atoms with E-state index in [9.17, 15) is 22.4 Å². The molecule has 0 fully saturated rings. The minimum Gasteiger partial charge on any atom is -0.481 e. The van der Waals surface area contributed by atoms with Gasteiger partial charge in [-0.3, -0.25) is 4.79 Å². The molecule has 0 unspecified atom stereocenters. The van der Waals surface area contributed by atoms with Gasteiger partial charge in [-0.15, -0.1) is 0 Å². The van der Waals surface area contributed by atoms with Gasteiger partial charge in [0.2, 0.25) is 5.88 Å². The van der Waals surface area contributed by atoms with Crippen molar-refractivity contribution in [1.82, 2.24) is 4.98 Å². The number of carbonyl (C=O) groups excluding carboxylic acids is 1. The van der Waals surface area contributed by atoms with E-state index in [1.165, 1.54) is 25.4 Å². The predicted molar refractivity (Wildman–Crippen MR) is 92.8 cm³/mol. The molecule has 0 saturated carbocycles. The van der Waals surface area contributed by atoms with Gasteiger partial charge in [0.05, 0.1) is 18.2 Å². The summed E-state index contributed by atoms with van der Waals surface area (Å²) in [6.45, 7) is 8.00. The van der Waals surface area contributed by atoms with E-state index in [2.05, 4.69) is 10.3 Å². The molecule has 0 aliphatic rings. The van der Waals surface area contributed by atoms with E-state index in [1.54, 1.807) is 0 Å². The van der Waals surface area contributed by atoms with Crippen molar-refractivity contribution in [3.63, 3.8) is 0 Å². The maximum Gasteiger partial charge on any atom is 0.416 e. The van der Waals surface area contributed by atoms with Crippen LogP contribution < -0.4 is 10.1 Å². The average Bonchev–Trinajstić information content (AvgIpc) is 2.64. The highest BCUT2D eigenvalue weighted by atomic mass is 19.4. The largest absolute Gasteiger partial charge is 0.481 e. The van der Waals surface area contributed by atoms with Crippen molar-refractivity contribution >= 4 is 11.6 Å². The molecule has 1 N–H and O–H groups in total. The molecule has 0 atom stereocenters. The van der Waals surface area contributed by atoms with Crippen LogP contribution in [0.1, 0.15) is 43.6 Å². The van der Waals surface area contributed by atoms with E-state index in [-0.39, 0.29) is 17.6 Å². The molecular formula is C18H22F4N2O2. The number of nitrogens with zero attached hydrogens (tertiary/aromatic N) is 1. The molecule has 1 aromatic heterocycles. The number of hydrogen-bond acceptors (Lipinski definition) is 3. The maximum absolute atomic E-state index is 13.7. The molecule has 1 heterocycles. The zero-order chi connectivity index (χ0) is 20.3. The van der Waals surface area contributed by atoms with E-state index in [0.29, 0.717) is 6.07 Å². The van der Waals surface area contributed by atoms with Crippen LogP contribution in [0.2, 0.25) is 0 Å². The number of carbonyl (C=O) groups is 1. The van der Waals surface area contributed by atoms with Crippen molar-refractivity contribution in [3.8, 4) is 5.88 Å². The lowest BCUT2D eigenvalue weighted by molar-refractivity contribution is -0.137. The van der Waals surface area contributed by atoms with Gasteiger partial charge in [0, 0.05) is 18.0 Å². The lowest BCUT2D eigenvalue weighted by Crippen LogP contribution is -2.15. The number of hydrogen-bond donors (Lipinski definition) is 1. The summed E-state index contributed by atoms with van der Waals surface area (Å²) >= 11 is 0. The molecule has 1 aromatic carbocycles. The molecule has 4 nitrogen and oxygen atoms in total. The zero-order valence-electron chi connectivity index (χ0n) is 15.2. The highest BCUT2D eigenvalue weighted by Gasteiger charge is 2.31. The number of anilines is 1.